The summed E-state index contributed by atoms with van der Waals surface area (Å²) in [5.41, 5.74) is 0.167. The molecule has 0 radical (unpaired) electrons. The Balaban J connectivity index is 0.000000411. The first kappa shape index (κ1) is 15.1. The molecule has 0 aliphatic carbocycles. The predicted molar refractivity (Wildman–Crippen MR) is 55.6 cm³/mol. The predicted octanol–water partition coefficient (Wildman–Crippen LogP) is 0.239. The number of hydrogen-bond donors (Lipinski definition) is 4. The number of hydrogen-bond acceptors (Lipinski definition) is 4. The van der Waals surface area contributed by atoms with Crippen molar-refractivity contribution in [1.29, 1.82) is 0 Å². The van der Waals surface area contributed by atoms with Crippen molar-refractivity contribution in [3.63, 3.8) is 0 Å². The van der Waals surface area contributed by atoms with E-state index in [1.807, 2.05) is 0 Å². The van der Waals surface area contributed by atoms with Crippen molar-refractivity contribution in [2.24, 2.45) is 0 Å². The van der Waals surface area contributed by atoms with E-state index in [0.29, 0.717) is 0 Å². The number of carboxylic acids is 4. The van der Waals surface area contributed by atoms with E-state index >= 15 is 0 Å². The molecular weight excluding hydrogens is 248 g/mol. The van der Waals surface area contributed by atoms with Gasteiger partial charge in [-0.1, -0.05) is 0 Å². The van der Waals surface area contributed by atoms with Crippen molar-refractivity contribution in [1.82, 2.24) is 0 Å². The summed E-state index contributed by atoms with van der Waals surface area (Å²) >= 11 is 0. The van der Waals surface area contributed by atoms with Gasteiger partial charge in [-0.25, -0.2) is 19.2 Å². The largest absolute Gasteiger partial charge is 0.478 e. The molecule has 0 amide bonds. The zero-order chi connectivity index (χ0) is 14.3. The number of rotatable bonds is 2. The fourth-order valence-corrected chi connectivity index (χ4v) is 0.755. The van der Waals surface area contributed by atoms with E-state index in [2.05, 4.69) is 0 Å². The van der Waals surface area contributed by atoms with Crippen molar-refractivity contribution < 1.29 is 39.6 Å². The maximum absolute atomic E-state index is 10.3. The highest BCUT2D eigenvalue weighted by Crippen LogP contribution is 2.03. The van der Waals surface area contributed by atoms with Gasteiger partial charge in [-0.15, -0.1) is 0 Å². The molecule has 0 spiro atoms. The first-order valence-corrected chi connectivity index (χ1v) is 4.28. The normalized spacial score (nSPS) is 8.67. The second-order valence-electron chi connectivity index (χ2n) is 2.80. The van der Waals surface area contributed by atoms with E-state index in [1.54, 1.807) is 0 Å². The van der Waals surface area contributed by atoms with Gasteiger partial charge in [0.15, 0.2) is 0 Å². The van der Waals surface area contributed by atoms with E-state index in [-0.39, 0.29) is 11.1 Å². The van der Waals surface area contributed by atoms with Crippen LogP contribution in [0.25, 0.3) is 0 Å². The number of benzene rings is 1. The molecule has 0 bridgehead atoms. The van der Waals surface area contributed by atoms with Crippen LogP contribution in [0.3, 0.4) is 0 Å². The second-order valence-corrected chi connectivity index (χ2v) is 2.80. The summed E-state index contributed by atoms with van der Waals surface area (Å²) in [6.07, 6.45) is 0. The van der Waals surface area contributed by atoms with Gasteiger partial charge in [-0.2, -0.15) is 0 Å². The van der Waals surface area contributed by atoms with Gasteiger partial charge in [0.1, 0.15) is 0 Å². The van der Waals surface area contributed by atoms with Crippen LogP contribution in [0, 0.1) is 0 Å². The standard InChI is InChI=1S/C8H6O4.C2H2O4/c9-7(10)5-1-2-6(4-3-5)8(11)12;3-1(4)2(5)6/h1-4H,(H,9,10)(H,11,12);(H,3,4)(H,5,6). The monoisotopic (exact) mass is 256 g/mol. The molecule has 0 saturated carbocycles. The Morgan fingerprint density at radius 1 is 0.611 bits per heavy atom. The SMILES string of the molecule is O=C(O)C(=O)O.O=C(O)c1ccc(C(=O)O)cc1. The first-order chi connectivity index (χ1) is 8.25. The molecule has 1 rings (SSSR count). The molecule has 0 heterocycles. The summed E-state index contributed by atoms with van der Waals surface area (Å²) in [5, 5.41) is 31.7. The molecule has 0 aliphatic rings. The van der Waals surface area contributed by atoms with Crippen LogP contribution in [0.5, 0.6) is 0 Å². The fourth-order valence-electron chi connectivity index (χ4n) is 0.755. The minimum absolute atomic E-state index is 0.0833. The molecule has 0 unspecified atom stereocenters. The first-order valence-electron chi connectivity index (χ1n) is 4.28. The number of carbonyl (C=O) groups is 4. The van der Waals surface area contributed by atoms with Crippen molar-refractivity contribution >= 4 is 23.9 Å². The summed E-state index contributed by atoms with van der Waals surface area (Å²) in [4.78, 5) is 38.9. The lowest BCUT2D eigenvalue weighted by Crippen LogP contribution is -2.09. The third-order valence-corrected chi connectivity index (χ3v) is 1.56. The summed E-state index contributed by atoms with van der Waals surface area (Å²) in [5.74, 6) is -5.77. The summed E-state index contributed by atoms with van der Waals surface area (Å²) < 4.78 is 0. The summed E-state index contributed by atoms with van der Waals surface area (Å²) in [7, 11) is 0. The Kier molecular flexibility index (Phi) is 5.56. The molecule has 8 heteroatoms. The van der Waals surface area contributed by atoms with Crippen molar-refractivity contribution in [2.45, 2.75) is 0 Å². The van der Waals surface area contributed by atoms with E-state index in [0.717, 1.165) is 0 Å². The highest BCUT2D eigenvalue weighted by atomic mass is 16.4. The molecule has 18 heavy (non-hydrogen) atoms. The van der Waals surface area contributed by atoms with Gasteiger partial charge in [0.05, 0.1) is 11.1 Å². The van der Waals surface area contributed by atoms with Gasteiger partial charge < -0.3 is 20.4 Å². The van der Waals surface area contributed by atoms with Gasteiger partial charge in [-0.3, -0.25) is 0 Å². The highest BCUT2D eigenvalue weighted by molar-refractivity contribution is 6.27. The molecular formula is C10H8O8. The van der Waals surface area contributed by atoms with Gasteiger partial charge >= 0.3 is 23.9 Å². The smallest absolute Gasteiger partial charge is 0.414 e. The highest BCUT2D eigenvalue weighted by Gasteiger charge is 2.05. The summed E-state index contributed by atoms with van der Waals surface area (Å²) in [6, 6.07) is 5.02. The molecule has 0 atom stereocenters. The maximum atomic E-state index is 10.3. The zero-order valence-electron chi connectivity index (χ0n) is 8.73. The number of carboxylic acid groups (broad SMARTS) is 4. The van der Waals surface area contributed by atoms with Crippen molar-refractivity contribution in [3.05, 3.63) is 35.4 Å². The van der Waals surface area contributed by atoms with Crippen LogP contribution in [-0.2, 0) is 9.59 Å². The Morgan fingerprint density at radius 2 is 0.833 bits per heavy atom. The van der Waals surface area contributed by atoms with Gasteiger partial charge in [0.25, 0.3) is 0 Å². The van der Waals surface area contributed by atoms with Crippen LogP contribution in [0.2, 0.25) is 0 Å². The van der Waals surface area contributed by atoms with Gasteiger partial charge in [0, 0.05) is 0 Å². The molecule has 8 nitrogen and oxygen atoms in total. The van der Waals surface area contributed by atoms with Crippen molar-refractivity contribution in [3.8, 4) is 0 Å². The molecule has 96 valence electrons. The molecule has 4 N–H and O–H groups in total. The molecule has 1 aromatic rings. The Hall–Kier alpha value is -2.90. The number of aromatic carboxylic acids is 2. The lowest BCUT2D eigenvalue weighted by atomic mass is 10.1. The zero-order valence-corrected chi connectivity index (χ0v) is 8.73. The molecule has 0 aliphatic heterocycles. The topological polar surface area (TPSA) is 149 Å². The molecule has 1 aromatic carbocycles. The van der Waals surface area contributed by atoms with Crippen molar-refractivity contribution in [2.75, 3.05) is 0 Å². The molecule has 0 fully saturated rings. The third kappa shape index (κ3) is 5.26. The second kappa shape index (κ2) is 6.63. The van der Waals surface area contributed by atoms with Crippen LogP contribution in [0.1, 0.15) is 20.7 Å². The Morgan fingerprint density at radius 3 is 0.944 bits per heavy atom. The van der Waals surface area contributed by atoms with Crippen LogP contribution in [-0.4, -0.2) is 44.3 Å². The maximum Gasteiger partial charge on any atom is 0.414 e. The van der Waals surface area contributed by atoms with Gasteiger partial charge in [0.2, 0.25) is 0 Å². The molecule has 0 aromatic heterocycles. The minimum Gasteiger partial charge on any atom is -0.478 e. The summed E-state index contributed by atoms with van der Waals surface area (Å²) in [6.45, 7) is 0. The van der Waals surface area contributed by atoms with E-state index in [9.17, 15) is 9.59 Å². The third-order valence-electron chi connectivity index (χ3n) is 1.56. The fraction of sp³-hybridized carbons (Fsp3) is 0. The quantitative estimate of drug-likeness (QED) is 0.549. The van der Waals surface area contributed by atoms with Crippen LogP contribution >= 0.6 is 0 Å². The van der Waals surface area contributed by atoms with Crippen LogP contribution in [0.4, 0.5) is 0 Å². The number of aliphatic carboxylic acids is 2. The average Bonchev–Trinajstić information content (AvgIpc) is 2.29. The average molecular weight is 256 g/mol. The Labute approximate surface area is 99.7 Å². The van der Waals surface area contributed by atoms with Crippen LogP contribution in [0.15, 0.2) is 24.3 Å². The minimum atomic E-state index is -1.82. The lowest BCUT2D eigenvalue weighted by Gasteiger charge is -1.94. The van der Waals surface area contributed by atoms with E-state index < -0.39 is 23.9 Å². The molecule has 0 saturated heterocycles. The van der Waals surface area contributed by atoms with Gasteiger partial charge in [-0.05, 0) is 24.3 Å². The Bertz CT molecular complexity index is 428. The van der Waals surface area contributed by atoms with Crippen LogP contribution < -0.4 is 0 Å². The lowest BCUT2D eigenvalue weighted by molar-refractivity contribution is -0.159. The van der Waals surface area contributed by atoms with E-state index in [1.165, 1.54) is 24.3 Å². The van der Waals surface area contributed by atoms with E-state index in [4.69, 9.17) is 30.0 Å².